The third-order valence-corrected chi connectivity index (χ3v) is 3.80. The zero-order valence-corrected chi connectivity index (χ0v) is 13.0. The molecule has 22 heavy (non-hydrogen) atoms. The molecule has 5 heteroatoms. The molecule has 1 unspecified atom stereocenters. The molecule has 1 amide bonds. The summed E-state index contributed by atoms with van der Waals surface area (Å²) in [6.45, 7) is 5.44. The van der Waals surface area contributed by atoms with Gasteiger partial charge in [0, 0.05) is 31.8 Å². The van der Waals surface area contributed by atoms with E-state index in [0.29, 0.717) is 23.8 Å². The predicted molar refractivity (Wildman–Crippen MR) is 85.5 cm³/mol. The Balaban J connectivity index is 1.76. The van der Waals surface area contributed by atoms with E-state index in [1.165, 1.54) is 0 Å². The molecule has 0 aromatic heterocycles. The van der Waals surface area contributed by atoms with Gasteiger partial charge >= 0.3 is 0 Å². The molecular formula is C17H23N3O2. The Morgan fingerprint density at radius 3 is 3.18 bits per heavy atom. The zero-order valence-electron chi connectivity index (χ0n) is 13.0. The molecule has 118 valence electrons. The standard InChI is InChI=1S/C17H23N3O2/c1-2-22-16-7-4-9-20(13-16)10-8-17(21)19-15-6-3-5-14(11-15)12-18/h3,5-6,11,16H,2,4,7-10,13H2,1H3,(H,19,21). The molecular weight excluding hydrogens is 278 g/mol. The normalized spacial score (nSPS) is 18.6. The molecule has 0 saturated carbocycles. The number of hydrogen-bond donors (Lipinski definition) is 1. The first-order chi connectivity index (χ1) is 10.7. The van der Waals surface area contributed by atoms with E-state index in [9.17, 15) is 4.79 Å². The van der Waals surface area contributed by atoms with E-state index in [0.717, 1.165) is 39.1 Å². The van der Waals surface area contributed by atoms with Gasteiger partial charge in [0.15, 0.2) is 0 Å². The van der Waals surface area contributed by atoms with Gasteiger partial charge in [0.2, 0.25) is 5.91 Å². The predicted octanol–water partition coefficient (Wildman–Crippen LogP) is 2.39. The SMILES string of the molecule is CCOC1CCCN(CCC(=O)Nc2cccc(C#N)c2)C1. The molecule has 1 saturated heterocycles. The van der Waals surface area contributed by atoms with Crippen molar-refractivity contribution in [2.75, 3.05) is 31.6 Å². The third-order valence-electron chi connectivity index (χ3n) is 3.80. The van der Waals surface area contributed by atoms with E-state index in [2.05, 4.69) is 16.3 Å². The zero-order chi connectivity index (χ0) is 15.8. The summed E-state index contributed by atoms with van der Waals surface area (Å²) in [6, 6.07) is 9.04. The summed E-state index contributed by atoms with van der Waals surface area (Å²) in [6.07, 6.45) is 2.98. The Kier molecular flexibility index (Phi) is 6.38. The van der Waals surface area contributed by atoms with Gasteiger partial charge in [-0.3, -0.25) is 4.79 Å². The number of likely N-dealkylation sites (tertiary alicyclic amines) is 1. The number of nitrogens with one attached hydrogen (secondary N) is 1. The number of anilines is 1. The van der Waals surface area contributed by atoms with E-state index >= 15 is 0 Å². The smallest absolute Gasteiger partial charge is 0.225 e. The van der Waals surface area contributed by atoms with Crippen LogP contribution in [0.2, 0.25) is 0 Å². The Morgan fingerprint density at radius 1 is 1.55 bits per heavy atom. The van der Waals surface area contributed by atoms with Crippen molar-refractivity contribution in [3.05, 3.63) is 29.8 Å². The molecule has 1 atom stereocenters. The number of carbonyl (C=O) groups excluding carboxylic acids is 1. The summed E-state index contributed by atoms with van der Waals surface area (Å²) in [7, 11) is 0. The fraction of sp³-hybridized carbons (Fsp3) is 0.529. The summed E-state index contributed by atoms with van der Waals surface area (Å²) in [5.74, 6) is -0.0198. The van der Waals surface area contributed by atoms with E-state index < -0.39 is 0 Å². The second-order valence-corrected chi connectivity index (χ2v) is 5.51. The van der Waals surface area contributed by atoms with Gasteiger partial charge in [-0.2, -0.15) is 5.26 Å². The van der Waals surface area contributed by atoms with E-state index in [1.807, 2.05) is 6.92 Å². The number of benzene rings is 1. The van der Waals surface area contributed by atoms with Gasteiger partial charge in [-0.1, -0.05) is 6.07 Å². The van der Waals surface area contributed by atoms with Crippen molar-refractivity contribution in [1.82, 2.24) is 4.90 Å². The third kappa shape index (κ3) is 5.14. The van der Waals surface area contributed by atoms with Gasteiger partial charge < -0.3 is 15.0 Å². The molecule has 0 bridgehead atoms. The van der Waals surface area contributed by atoms with Crippen molar-refractivity contribution >= 4 is 11.6 Å². The Bertz CT molecular complexity index is 537. The van der Waals surface area contributed by atoms with Gasteiger partial charge in [-0.05, 0) is 44.5 Å². The van der Waals surface area contributed by atoms with Crippen molar-refractivity contribution in [2.45, 2.75) is 32.3 Å². The monoisotopic (exact) mass is 301 g/mol. The first-order valence-corrected chi connectivity index (χ1v) is 7.85. The van der Waals surface area contributed by atoms with E-state index in [4.69, 9.17) is 10.00 Å². The fourth-order valence-electron chi connectivity index (χ4n) is 2.74. The lowest BCUT2D eigenvalue weighted by Crippen LogP contribution is -2.40. The molecule has 2 rings (SSSR count). The fourth-order valence-corrected chi connectivity index (χ4v) is 2.74. The van der Waals surface area contributed by atoms with Crippen LogP contribution in [-0.2, 0) is 9.53 Å². The van der Waals surface area contributed by atoms with Crippen LogP contribution in [0.5, 0.6) is 0 Å². The first-order valence-electron chi connectivity index (χ1n) is 7.85. The lowest BCUT2D eigenvalue weighted by atomic mass is 10.1. The van der Waals surface area contributed by atoms with Crippen LogP contribution in [0, 0.1) is 11.3 Å². The minimum Gasteiger partial charge on any atom is -0.377 e. The quantitative estimate of drug-likeness (QED) is 0.876. The molecule has 1 aromatic carbocycles. The highest BCUT2D eigenvalue weighted by Gasteiger charge is 2.20. The lowest BCUT2D eigenvalue weighted by Gasteiger charge is -2.32. The van der Waals surface area contributed by atoms with Crippen LogP contribution in [0.1, 0.15) is 31.7 Å². The summed E-state index contributed by atoms with van der Waals surface area (Å²) in [5.41, 5.74) is 1.23. The van der Waals surface area contributed by atoms with Crippen molar-refractivity contribution in [1.29, 1.82) is 5.26 Å². The van der Waals surface area contributed by atoms with Crippen molar-refractivity contribution in [3.8, 4) is 6.07 Å². The van der Waals surface area contributed by atoms with Gasteiger partial charge in [0.25, 0.3) is 0 Å². The van der Waals surface area contributed by atoms with Crippen molar-refractivity contribution < 1.29 is 9.53 Å². The lowest BCUT2D eigenvalue weighted by molar-refractivity contribution is -0.116. The van der Waals surface area contributed by atoms with Crippen molar-refractivity contribution in [2.24, 2.45) is 0 Å². The largest absolute Gasteiger partial charge is 0.377 e. The number of nitrogens with zero attached hydrogens (tertiary/aromatic N) is 2. The molecule has 0 radical (unpaired) electrons. The molecule has 1 heterocycles. The van der Waals surface area contributed by atoms with Crippen molar-refractivity contribution in [3.63, 3.8) is 0 Å². The minimum atomic E-state index is -0.0198. The van der Waals surface area contributed by atoms with Gasteiger partial charge in [-0.25, -0.2) is 0 Å². The number of rotatable bonds is 6. The van der Waals surface area contributed by atoms with Crippen LogP contribution in [0.25, 0.3) is 0 Å². The van der Waals surface area contributed by atoms with Crippen LogP contribution in [0.3, 0.4) is 0 Å². The molecule has 1 aromatic rings. The Labute approximate surface area is 131 Å². The van der Waals surface area contributed by atoms with Crippen LogP contribution in [-0.4, -0.2) is 43.2 Å². The Hall–Kier alpha value is -1.90. The number of carbonyl (C=O) groups is 1. The summed E-state index contributed by atoms with van der Waals surface area (Å²) in [5, 5.41) is 11.7. The number of hydrogen-bond acceptors (Lipinski definition) is 4. The summed E-state index contributed by atoms with van der Waals surface area (Å²) < 4.78 is 5.67. The van der Waals surface area contributed by atoms with Crippen LogP contribution < -0.4 is 5.32 Å². The summed E-state index contributed by atoms with van der Waals surface area (Å²) >= 11 is 0. The average molecular weight is 301 g/mol. The maximum absolute atomic E-state index is 12.0. The molecule has 5 nitrogen and oxygen atoms in total. The Morgan fingerprint density at radius 2 is 2.41 bits per heavy atom. The van der Waals surface area contributed by atoms with Gasteiger partial charge in [-0.15, -0.1) is 0 Å². The maximum Gasteiger partial charge on any atom is 0.225 e. The van der Waals surface area contributed by atoms with Crippen LogP contribution in [0.15, 0.2) is 24.3 Å². The molecule has 0 spiro atoms. The highest BCUT2D eigenvalue weighted by atomic mass is 16.5. The van der Waals surface area contributed by atoms with Gasteiger partial charge in [0.1, 0.15) is 0 Å². The molecule has 1 fully saturated rings. The topological polar surface area (TPSA) is 65.4 Å². The number of nitriles is 1. The van der Waals surface area contributed by atoms with E-state index in [1.54, 1.807) is 24.3 Å². The average Bonchev–Trinajstić information content (AvgIpc) is 2.54. The van der Waals surface area contributed by atoms with Crippen LogP contribution in [0.4, 0.5) is 5.69 Å². The number of piperidine rings is 1. The highest BCUT2D eigenvalue weighted by molar-refractivity contribution is 5.90. The minimum absolute atomic E-state index is 0.0198. The van der Waals surface area contributed by atoms with Crippen LogP contribution >= 0.6 is 0 Å². The highest BCUT2D eigenvalue weighted by Crippen LogP contribution is 2.14. The second kappa shape index (κ2) is 8.52. The molecule has 1 N–H and O–H groups in total. The van der Waals surface area contributed by atoms with Gasteiger partial charge in [0.05, 0.1) is 17.7 Å². The maximum atomic E-state index is 12.0. The summed E-state index contributed by atoms with van der Waals surface area (Å²) in [4.78, 5) is 14.3. The molecule has 0 aliphatic carbocycles. The first kappa shape index (κ1) is 16.5. The molecule has 1 aliphatic heterocycles. The molecule has 1 aliphatic rings. The second-order valence-electron chi connectivity index (χ2n) is 5.51. The number of amides is 1. The van der Waals surface area contributed by atoms with E-state index in [-0.39, 0.29) is 5.91 Å². The number of ether oxygens (including phenoxy) is 1.